The molecule has 2 rings (SSSR count). The summed E-state index contributed by atoms with van der Waals surface area (Å²) in [7, 11) is 0. The average Bonchev–Trinajstić information content (AvgIpc) is 3.02. The van der Waals surface area contributed by atoms with Gasteiger partial charge in [0.2, 0.25) is 0 Å². The topological polar surface area (TPSA) is 94.4 Å². The Morgan fingerprint density at radius 3 is 2.68 bits per heavy atom. The predicted octanol–water partition coefficient (Wildman–Crippen LogP) is 3.40. The molecule has 6 nitrogen and oxygen atoms in total. The molecule has 1 aromatic carbocycles. The molecule has 136 valence electrons. The lowest BCUT2D eigenvalue weighted by Crippen LogP contribution is -2.34. The van der Waals surface area contributed by atoms with Gasteiger partial charge in [-0.3, -0.25) is 0 Å². The number of H-pyrrole nitrogens is 1. The van der Waals surface area contributed by atoms with Crippen LogP contribution in [0.1, 0.15) is 51.0 Å². The summed E-state index contributed by atoms with van der Waals surface area (Å²) >= 11 is 0. The van der Waals surface area contributed by atoms with Gasteiger partial charge in [0.1, 0.15) is 6.04 Å². The van der Waals surface area contributed by atoms with Crippen molar-refractivity contribution in [3.8, 4) is 0 Å². The summed E-state index contributed by atoms with van der Waals surface area (Å²) in [4.78, 5) is 35.7. The van der Waals surface area contributed by atoms with E-state index in [-0.39, 0.29) is 6.42 Å². The Bertz CT molecular complexity index is 696. The molecular weight excluding hydrogens is 320 g/mol. The van der Waals surface area contributed by atoms with E-state index in [1.165, 1.54) is 0 Å². The zero-order chi connectivity index (χ0) is 18.1. The zero-order valence-electron chi connectivity index (χ0n) is 14.6. The largest absolute Gasteiger partial charge is 0.372 e. The van der Waals surface area contributed by atoms with Crippen molar-refractivity contribution >= 4 is 22.8 Å². The maximum atomic E-state index is 11.9. The van der Waals surface area contributed by atoms with E-state index in [9.17, 15) is 9.59 Å². The molecule has 0 radical (unpaired) electrons. The Balaban J connectivity index is 1.72. The molecule has 0 amide bonds. The molecule has 0 aliphatic rings. The molecular formula is C19H26N2O4. The van der Waals surface area contributed by atoms with Crippen molar-refractivity contribution in [2.75, 3.05) is 0 Å². The summed E-state index contributed by atoms with van der Waals surface area (Å²) in [5, 5.41) is 1.01. The van der Waals surface area contributed by atoms with Crippen LogP contribution in [0.15, 0.2) is 30.5 Å². The van der Waals surface area contributed by atoms with Gasteiger partial charge in [0.15, 0.2) is 0 Å². The average molecular weight is 346 g/mol. The second-order valence-corrected chi connectivity index (χ2v) is 6.19. The first-order valence-electron chi connectivity index (χ1n) is 8.83. The normalized spacial score (nSPS) is 12.1. The third-order valence-corrected chi connectivity index (χ3v) is 4.12. The molecule has 0 spiro atoms. The Morgan fingerprint density at radius 2 is 1.88 bits per heavy atom. The van der Waals surface area contributed by atoms with Gasteiger partial charge in [0, 0.05) is 23.5 Å². The summed E-state index contributed by atoms with van der Waals surface area (Å²) in [5.74, 6) is -1.28. The minimum absolute atomic E-state index is 0.245. The number of aromatic amines is 1. The van der Waals surface area contributed by atoms with Gasteiger partial charge in [0.25, 0.3) is 0 Å². The number of carbonyl (C=O) groups is 2. The number of hydrogen-bond acceptors (Lipinski definition) is 5. The van der Waals surface area contributed by atoms with Crippen LogP contribution in [0.2, 0.25) is 0 Å². The maximum Gasteiger partial charge on any atom is 0.372 e. The quantitative estimate of drug-likeness (QED) is 0.412. The number of nitrogens with one attached hydrogen (secondary N) is 1. The van der Waals surface area contributed by atoms with Crippen molar-refractivity contribution in [2.45, 2.75) is 57.9 Å². The Morgan fingerprint density at radius 1 is 1.12 bits per heavy atom. The van der Waals surface area contributed by atoms with Crippen molar-refractivity contribution in [1.29, 1.82) is 0 Å². The van der Waals surface area contributed by atoms with E-state index in [1.54, 1.807) is 0 Å². The van der Waals surface area contributed by atoms with Gasteiger partial charge in [0.05, 0.1) is 6.42 Å². The second-order valence-electron chi connectivity index (χ2n) is 6.19. The monoisotopic (exact) mass is 346 g/mol. The summed E-state index contributed by atoms with van der Waals surface area (Å²) in [6.07, 6.45) is 7.48. The molecule has 2 aromatic rings. The lowest BCUT2D eigenvalue weighted by molar-refractivity contribution is -0.260. The van der Waals surface area contributed by atoms with E-state index in [2.05, 4.69) is 21.7 Å². The number of benzene rings is 1. The lowest BCUT2D eigenvalue weighted by atomic mass is 10.1. The van der Waals surface area contributed by atoms with E-state index in [1.807, 2.05) is 30.5 Å². The van der Waals surface area contributed by atoms with Crippen LogP contribution < -0.4 is 5.73 Å². The third-order valence-electron chi connectivity index (χ3n) is 4.12. The van der Waals surface area contributed by atoms with Gasteiger partial charge in [-0.15, -0.1) is 0 Å². The van der Waals surface area contributed by atoms with Crippen molar-refractivity contribution in [1.82, 2.24) is 4.98 Å². The Labute approximate surface area is 147 Å². The van der Waals surface area contributed by atoms with Crippen molar-refractivity contribution < 1.29 is 19.4 Å². The Kier molecular flexibility index (Phi) is 7.47. The minimum Gasteiger partial charge on any atom is -0.361 e. The van der Waals surface area contributed by atoms with Crippen LogP contribution in [0.25, 0.3) is 10.9 Å². The van der Waals surface area contributed by atoms with Crippen LogP contribution in [-0.2, 0) is 25.8 Å². The van der Waals surface area contributed by atoms with Crippen LogP contribution in [-0.4, -0.2) is 23.0 Å². The van der Waals surface area contributed by atoms with Gasteiger partial charge in [-0.05, 0) is 18.1 Å². The smallest absolute Gasteiger partial charge is 0.361 e. The van der Waals surface area contributed by atoms with Crippen molar-refractivity contribution in [2.24, 2.45) is 5.73 Å². The van der Waals surface area contributed by atoms with Gasteiger partial charge in [-0.2, -0.15) is 0 Å². The van der Waals surface area contributed by atoms with Crippen LogP contribution >= 0.6 is 0 Å². The molecule has 0 bridgehead atoms. The second kappa shape index (κ2) is 9.84. The highest BCUT2D eigenvalue weighted by Gasteiger charge is 2.20. The number of para-hydroxylation sites is 1. The van der Waals surface area contributed by atoms with Crippen molar-refractivity contribution in [3.05, 3.63) is 36.0 Å². The number of fused-ring (bicyclic) bond motifs is 1. The number of carbonyl (C=O) groups excluding carboxylic acids is 2. The molecule has 0 saturated carbocycles. The van der Waals surface area contributed by atoms with Gasteiger partial charge >= 0.3 is 11.9 Å². The standard InChI is InChI=1S/C19H26N2O4/c1-2-3-4-5-6-11-18(22)24-25-19(23)16(20)12-14-13-21-17-10-8-7-9-15(14)17/h7-10,13,16,21H,2-6,11-12,20H2,1H3. The molecule has 0 fully saturated rings. The summed E-state index contributed by atoms with van der Waals surface area (Å²) in [5.41, 5.74) is 7.76. The van der Waals surface area contributed by atoms with E-state index in [0.29, 0.717) is 6.42 Å². The molecule has 1 atom stereocenters. The molecule has 0 aliphatic carbocycles. The van der Waals surface area contributed by atoms with Crippen LogP contribution in [0.5, 0.6) is 0 Å². The number of unbranched alkanes of at least 4 members (excludes halogenated alkanes) is 4. The molecule has 6 heteroatoms. The van der Waals surface area contributed by atoms with Gasteiger partial charge in [-0.1, -0.05) is 50.8 Å². The first-order chi connectivity index (χ1) is 12.1. The fourth-order valence-corrected chi connectivity index (χ4v) is 2.68. The SMILES string of the molecule is CCCCCCCC(=O)OOC(=O)C(N)Cc1c[nH]c2ccccc12. The third kappa shape index (κ3) is 5.90. The summed E-state index contributed by atoms with van der Waals surface area (Å²) in [6, 6.07) is 6.86. The fraction of sp³-hybridized carbons (Fsp3) is 0.474. The molecule has 0 saturated heterocycles. The van der Waals surface area contributed by atoms with Gasteiger partial charge in [-0.25, -0.2) is 19.4 Å². The number of rotatable bonds is 9. The maximum absolute atomic E-state index is 11.9. The minimum atomic E-state index is -0.892. The predicted molar refractivity (Wildman–Crippen MR) is 95.5 cm³/mol. The zero-order valence-corrected chi connectivity index (χ0v) is 14.6. The summed E-state index contributed by atoms with van der Waals surface area (Å²) in [6.45, 7) is 2.13. The number of aromatic nitrogens is 1. The molecule has 1 aromatic heterocycles. The van der Waals surface area contributed by atoms with Crippen LogP contribution in [0.4, 0.5) is 0 Å². The first kappa shape index (κ1) is 19.0. The molecule has 1 unspecified atom stereocenters. The Hall–Kier alpha value is -2.34. The molecule has 25 heavy (non-hydrogen) atoms. The first-order valence-corrected chi connectivity index (χ1v) is 8.83. The van der Waals surface area contributed by atoms with E-state index in [0.717, 1.165) is 48.6 Å². The highest BCUT2D eigenvalue weighted by atomic mass is 17.2. The fourth-order valence-electron chi connectivity index (χ4n) is 2.68. The van der Waals surface area contributed by atoms with Crippen LogP contribution in [0.3, 0.4) is 0 Å². The summed E-state index contributed by atoms with van der Waals surface area (Å²) < 4.78 is 0. The van der Waals surface area contributed by atoms with Crippen molar-refractivity contribution in [3.63, 3.8) is 0 Å². The highest BCUT2D eigenvalue weighted by Crippen LogP contribution is 2.19. The van der Waals surface area contributed by atoms with E-state index in [4.69, 9.17) is 5.73 Å². The number of hydrogen-bond donors (Lipinski definition) is 2. The molecule has 1 heterocycles. The number of nitrogens with two attached hydrogens (primary N) is 1. The van der Waals surface area contributed by atoms with E-state index >= 15 is 0 Å². The van der Waals surface area contributed by atoms with E-state index < -0.39 is 18.0 Å². The lowest BCUT2D eigenvalue weighted by Gasteiger charge is -2.09. The molecule has 0 aliphatic heterocycles. The van der Waals surface area contributed by atoms with Gasteiger partial charge < -0.3 is 10.7 Å². The van der Waals surface area contributed by atoms with Crippen LogP contribution in [0, 0.1) is 0 Å². The highest BCUT2D eigenvalue weighted by molar-refractivity contribution is 5.84. The molecule has 3 N–H and O–H groups in total.